The van der Waals surface area contributed by atoms with E-state index in [1.54, 1.807) is 0 Å². The highest BCUT2D eigenvalue weighted by Crippen LogP contribution is 2.36. The molecule has 0 bridgehead atoms. The summed E-state index contributed by atoms with van der Waals surface area (Å²) < 4.78 is 3.34. The van der Waals surface area contributed by atoms with Crippen LogP contribution in [0.4, 0.5) is 0 Å². The van der Waals surface area contributed by atoms with E-state index in [-0.39, 0.29) is 0 Å². The van der Waals surface area contributed by atoms with Crippen LogP contribution in [0.3, 0.4) is 0 Å². The van der Waals surface area contributed by atoms with Crippen LogP contribution in [0.1, 0.15) is 0 Å². The van der Waals surface area contributed by atoms with Crippen molar-refractivity contribution in [3.63, 3.8) is 0 Å². The van der Waals surface area contributed by atoms with Crippen LogP contribution < -0.4 is 0 Å². The van der Waals surface area contributed by atoms with E-state index in [4.69, 9.17) is 0 Å². The number of aromatic nitrogens is 1. The van der Waals surface area contributed by atoms with Crippen LogP contribution in [-0.4, -0.2) is 4.40 Å². The molecule has 0 aliphatic heterocycles. The SMILES string of the molecule is Brc1cccc2c(-c3ccccc3)c3ccccc3n12. The maximum atomic E-state index is 3.67. The highest BCUT2D eigenvalue weighted by molar-refractivity contribution is 9.10. The fourth-order valence-electron chi connectivity index (χ4n) is 2.85. The largest absolute Gasteiger partial charge is 0.303 e. The molecule has 0 spiro atoms. The summed E-state index contributed by atoms with van der Waals surface area (Å²) in [6, 6.07) is 25.5. The summed E-state index contributed by atoms with van der Waals surface area (Å²) in [5.41, 5.74) is 5.01. The Labute approximate surface area is 125 Å². The Balaban J connectivity index is 2.26. The predicted molar refractivity (Wildman–Crippen MR) is 88.0 cm³/mol. The second-order valence-electron chi connectivity index (χ2n) is 4.83. The highest BCUT2D eigenvalue weighted by atomic mass is 79.9. The molecule has 0 fully saturated rings. The van der Waals surface area contributed by atoms with Gasteiger partial charge in [-0.1, -0.05) is 54.6 Å². The topological polar surface area (TPSA) is 4.41 Å². The molecule has 0 saturated heterocycles. The molecule has 96 valence electrons. The zero-order chi connectivity index (χ0) is 13.5. The first kappa shape index (κ1) is 11.7. The van der Waals surface area contributed by atoms with Gasteiger partial charge < -0.3 is 4.40 Å². The smallest absolute Gasteiger partial charge is 0.0896 e. The van der Waals surface area contributed by atoms with Gasteiger partial charge in [-0.3, -0.25) is 0 Å². The molecule has 0 saturated carbocycles. The normalized spacial score (nSPS) is 11.2. The summed E-state index contributed by atoms with van der Waals surface area (Å²) in [5, 5.41) is 1.28. The quantitative estimate of drug-likeness (QED) is 0.406. The third kappa shape index (κ3) is 1.61. The minimum absolute atomic E-state index is 1.08. The maximum Gasteiger partial charge on any atom is 0.0896 e. The first-order valence-electron chi connectivity index (χ1n) is 6.59. The molecule has 4 rings (SSSR count). The summed E-state index contributed by atoms with van der Waals surface area (Å²) in [6.07, 6.45) is 0. The van der Waals surface area contributed by atoms with Crippen molar-refractivity contribution in [1.82, 2.24) is 4.40 Å². The number of hydrogen-bond donors (Lipinski definition) is 0. The molecule has 0 radical (unpaired) electrons. The van der Waals surface area contributed by atoms with Crippen molar-refractivity contribution < 1.29 is 0 Å². The molecule has 0 atom stereocenters. The minimum atomic E-state index is 1.08. The molecule has 2 aromatic heterocycles. The molecule has 2 heteroatoms. The van der Waals surface area contributed by atoms with Crippen LogP contribution in [0.15, 0.2) is 77.4 Å². The molecule has 4 aromatic rings. The van der Waals surface area contributed by atoms with E-state index in [9.17, 15) is 0 Å². The molecule has 0 aliphatic rings. The fraction of sp³-hybridized carbons (Fsp3) is 0. The van der Waals surface area contributed by atoms with Crippen molar-refractivity contribution in [2.75, 3.05) is 0 Å². The van der Waals surface area contributed by atoms with E-state index in [1.807, 2.05) is 0 Å². The number of rotatable bonds is 1. The Kier molecular flexibility index (Phi) is 2.64. The molecule has 20 heavy (non-hydrogen) atoms. The van der Waals surface area contributed by atoms with Crippen molar-refractivity contribution in [3.8, 4) is 11.1 Å². The molecule has 0 unspecified atom stereocenters. The molecular formula is C18H12BrN. The lowest BCUT2D eigenvalue weighted by Crippen LogP contribution is -1.85. The number of halogens is 1. The van der Waals surface area contributed by atoms with Gasteiger partial charge in [-0.05, 0) is 39.7 Å². The third-order valence-corrected chi connectivity index (χ3v) is 4.29. The first-order valence-corrected chi connectivity index (χ1v) is 7.38. The number of nitrogens with zero attached hydrogens (tertiary/aromatic N) is 1. The van der Waals surface area contributed by atoms with Crippen LogP contribution in [0, 0.1) is 0 Å². The third-order valence-electron chi connectivity index (χ3n) is 3.68. The lowest BCUT2D eigenvalue weighted by atomic mass is 10.0. The van der Waals surface area contributed by atoms with Gasteiger partial charge in [-0.2, -0.15) is 0 Å². The van der Waals surface area contributed by atoms with Gasteiger partial charge in [0.2, 0.25) is 0 Å². The van der Waals surface area contributed by atoms with E-state index in [1.165, 1.54) is 27.5 Å². The zero-order valence-corrected chi connectivity index (χ0v) is 12.3. The Hall–Kier alpha value is -2.06. The van der Waals surface area contributed by atoms with Gasteiger partial charge in [0, 0.05) is 10.9 Å². The number of benzene rings is 2. The summed E-state index contributed by atoms with van der Waals surface area (Å²) in [7, 11) is 0. The average Bonchev–Trinajstić information content (AvgIpc) is 2.84. The van der Waals surface area contributed by atoms with Crippen LogP contribution in [-0.2, 0) is 0 Å². The fourth-order valence-corrected chi connectivity index (χ4v) is 3.38. The second kappa shape index (κ2) is 4.50. The van der Waals surface area contributed by atoms with E-state index < -0.39 is 0 Å². The highest BCUT2D eigenvalue weighted by Gasteiger charge is 2.13. The monoisotopic (exact) mass is 321 g/mol. The Morgan fingerprint density at radius 2 is 1.35 bits per heavy atom. The number of pyridine rings is 1. The van der Waals surface area contributed by atoms with Crippen molar-refractivity contribution >= 4 is 32.3 Å². The summed E-state index contributed by atoms with van der Waals surface area (Å²) in [4.78, 5) is 0. The van der Waals surface area contributed by atoms with Crippen molar-refractivity contribution in [2.45, 2.75) is 0 Å². The van der Waals surface area contributed by atoms with Gasteiger partial charge in [-0.25, -0.2) is 0 Å². The predicted octanol–water partition coefficient (Wildman–Crippen LogP) is 5.52. The summed E-state index contributed by atoms with van der Waals surface area (Å²) >= 11 is 3.67. The van der Waals surface area contributed by atoms with Crippen LogP contribution in [0.25, 0.3) is 27.5 Å². The number of hydrogen-bond acceptors (Lipinski definition) is 0. The maximum absolute atomic E-state index is 3.67. The van der Waals surface area contributed by atoms with Crippen molar-refractivity contribution in [1.29, 1.82) is 0 Å². The molecule has 1 nitrogen and oxygen atoms in total. The van der Waals surface area contributed by atoms with Crippen LogP contribution in [0.2, 0.25) is 0 Å². The first-order chi connectivity index (χ1) is 9.86. The Bertz CT molecular complexity index is 907. The number of fused-ring (bicyclic) bond motifs is 3. The van der Waals surface area contributed by atoms with Crippen molar-refractivity contribution in [3.05, 3.63) is 77.4 Å². The molecule has 0 amide bonds. The van der Waals surface area contributed by atoms with Gasteiger partial charge in [-0.15, -0.1) is 0 Å². The zero-order valence-electron chi connectivity index (χ0n) is 10.8. The van der Waals surface area contributed by atoms with Gasteiger partial charge in [0.1, 0.15) is 0 Å². The van der Waals surface area contributed by atoms with Crippen LogP contribution in [0.5, 0.6) is 0 Å². The van der Waals surface area contributed by atoms with E-state index in [0.717, 1.165) is 4.60 Å². The lowest BCUT2D eigenvalue weighted by molar-refractivity contribution is 1.20. The lowest BCUT2D eigenvalue weighted by Gasteiger charge is -2.02. The minimum Gasteiger partial charge on any atom is -0.303 e. The van der Waals surface area contributed by atoms with Gasteiger partial charge >= 0.3 is 0 Å². The molecule has 2 aromatic carbocycles. The van der Waals surface area contributed by atoms with E-state index in [2.05, 4.69) is 93.1 Å². The Morgan fingerprint density at radius 1 is 0.650 bits per heavy atom. The van der Waals surface area contributed by atoms with E-state index in [0.29, 0.717) is 0 Å². The Morgan fingerprint density at radius 3 is 2.20 bits per heavy atom. The van der Waals surface area contributed by atoms with Crippen molar-refractivity contribution in [2.24, 2.45) is 0 Å². The summed E-state index contributed by atoms with van der Waals surface area (Å²) in [5.74, 6) is 0. The number of para-hydroxylation sites is 1. The average molecular weight is 322 g/mol. The van der Waals surface area contributed by atoms with Crippen LogP contribution >= 0.6 is 15.9 Å². The molecule has 2 heterocycles. The molecule has 0 N–H and O–H groups in total. The molecular weight excluding hydrogens is 310 g/mol. The second-order valence-corrected chi connectivity index (χ2v) is 5.64. The van der Waals surface area contributed by atoms with Gasteiger partial charge in [0.25, 0.3) is 0 Å². The van der Waals surface area contributed by atoms with E-state index >= 15 is 0 Å². The molecule has 0 aliphatic carbocycles. The summed E-state index contributed by atoms with van der Waals surface area (Å²) in [6.45, 7) is 0. The van der Waals surface area contributed by atoms with Gasteiger partial charge in [0.05, 0.1) is 15.6 Å². The standard InChI is InChI=1S/C18H12BrN/c19-17-12-6-11-16-18(13-7-2-1-3-8-13)14-9-4-5-10-15(14)20(16)17/h1-12H. The van der Waals surface area contributed by atoms with Gasteiger partial charge in [0.15, 0.2) is 0 Å².